The van der Waals surface area contributed by atoms with Crippen LogP contribution in [0.15, 0.2) is 21.0 Å². The third-order valence-corrected chi connectivity index (χ3v) is 3.00. The molecule has 0 radical (unpaired) electrons. The van der Waals surface area contributed by atoms with Gasteiger partial charge in [-0.1, -0.05) is 11.6 Å². The molecule has 0 unspecified atom stereocenters. The molecule has 84 valence electrons. The van der Waals surface area contributed by atoms with E-state index < -0.39 is 11.2 Å². The molecule has 16 heavy (non-hydrogen) atoms. The zero-order valence-corrected chi connectivity index (χ0v) is 9.93. The average molecular weight is 258 g/mol. The summed E-state index contributed by atoms with van der Waals surface area (Å²) < 4.78 is 1.06. The van der Waals surface area contributed by atoms with Gasteiger partial charge in [-0.2, -0.15) is 0 Å². The number of aromatic amines is 1. The molecule has 2 aromatic heterocycles. The first kappa shape index (κ1) is 11.1. The lowest BCUT2D eigenvalue weighted by molar-refractivity contribution is 0.687. The molecule has 0 aromatic carbocycles. The second kappa shape index (κ2) is 4.23. The van der Waals surface area contributed by atoms with Crippen molar-refractivity contribution >= 4 is 22.9 Å². The van der Waals surface area contributed by atoms with Crippen LogP contribution in [0.1, 0.15) is 10.7 Å². The van der Waals surface area contributed by atoms with Crippen LogP contribution in [0.25, 0.3) is 0 Å². The monoisotopic (exact) mass is 257 g/mol. The van der Waals surface area contributed by atoms with Crippen LogP contribution in [-0.2, 0) is 6.54 Å². The maximum Gasteiger partial charge on any atom is 0.329 e. The molecule has 0 aliphatic rings. The summed E-state index contributed by atoms with van der Waals surface area (Å²) in [6.45, 7) is 2.03. The fourth-order valence-electron chi connectivity index (χ4n) is 1.28. The van der Waals surface area contributed by atoms with Gasteiger partial charge in [-0.15, -0.1) is 11.3 Å². The van der Waals surface area contributed by atoms with Crippen molar-refractivity contribution in [3.8, 4) is 0 Å². The van der Waals surface area contributed by atoms with E-state index in [0.29, 0.717) is 5.69 Å². The first-order chi connectivity index (χ1) is 7.56. The molecule has 0 spiro atoms. The number of hydrogen-bond donors (Lipinski definition) is 1. The minimum atomic E-state index is -0.525. The van der Waals surface area contributed by atoms with Crippen LogP contribution in [0.5, 0.6) is 0 Å². The molecule has 2 rings (SSSR count). The van der Waals surface area contributed by atoms with E-state index in [1.165, 1.54) is 17.4 Å². The van der Waals surface area contributed by atoms with Gasteiger partial charge in [-0.25, -0.2) is 9.78 Å². The van der Waals surface area contributed by atoms with E-state index in [9.17, 15) is 9.59 Å². The quantitative estimate of drug-likeness (QED) is 0.817. The number of nitrogens with one attached hydrogen (secondary N) is 1. The molecule has 2 aromatic rings. The average Bonchev–Trinajstić information content (AvgIpc) is 2.58. The number of nitrogens with zero attached hydrogens (tertiary/aromatic N) is 2. The second-order valence-corrected chi connectivity index (χ2v) is 4.67. The van der Waals surface area contributed by atoms with Gasteiger partial charge in [0.25, 0.3) is 5.56 Å². The van der Waals surface area contributed by atoms with E-state index in [1.54, 1.807) is 0 Å². The van der Waals surface area contributed by atoms with Crippen LogP contribution in [0, 0.1) is 6.92 Å². The fraction of sp³-hybridized carbons (Fsp3) is 0.222. The summed E-state index contributed by atoms with van der Waals surface area (Å²) in [6, 6.07) is 1.17. The molecule has 5 nitrogen and oxygen atoms in total. The number of halogens is 1. The highest BCUT2D eigenvalue weighted by Gasteiger charge is 2.06. The Kier molecular flexibility index (Phi) is 2.93. The Morgan fingerprint density at radius 1 is 1.56 bits per heavy atom. The lowest BCUT2D eigenvalue weighted by atomic mass is 10.4. The largest absolute Gasteiger partial charge is 0.329 e. The van der Waals surface area contributed by atoms with Crippen molar-refractivity contribution in [2.45, 2.75) is 13.5 Å². The highest BCUT2D eigenvalue weighted by molar-refractivity contribution is 7.09. The van der Waals surface area contributed by atoms with Crippen molar-refractivity contribution in [1.82, 2.24) is 14.5 Å². The Bertz CT molecular complexity index is 597. The minimum absolute atomic E-state index is 0.0423. The summed E-state index contributed by atoms with van der Waals surface area (Å²) in [7, 11) is 0. The number of rotatable bonds is 2. The number of H-pyrrole nitrogens is 1. The predicted octanol–water partition coefficient (Wildman–Crippen LogP) is 1.00. The van der Waals surface area contributed by atoms with Crippen LogP contribution < -0.4 is 11.2 Å². The summed E-state index contributed by atoms with van der Waals surface area (Å²) in [5.41, 5.74) is -0.264. The van der Waals surface area contributed by atoms with Crippen molar-refractivity contribution in [1.29, 1.82) is 0 Å². The molecular formula is C9H8ClN3O2S. The van der Waals surface area contributed by atoms with Crippen molar-refractivity contribution in [3.63, 3.8) is 0 Å². The smallest absolute Gasteiger partial charge is 0.298 e. The zero-order chi connectivity index (χ0) is 11.7. The summed E-state index contributed by atoms with van der Waals surface area (Å²) in [6.07, 6.45) is 0. The summed E-state index contributed by atoms with van der Waals surface area (Å²) in [5.74, 6) is 0. The lowest BCUT2D eigenvalue weighted by Crippen LogP contribution is -2.34. The molecule has 0 saturated carbocycles. The van der Waals surface area contributed by atoms with Crippen molar-refractivity contribution in [3.05, 3.63) is 48.1 Å². The first-order valence-electron chi connectivity index (χ1n) is 4.47. The summed E-state index contributed by atoms with van der Waals surface area (Å²) in [4.78, 5) is 29.5. The highest BCUT2D eigenvalue weighted by Crippen LogP contribution is 2.07. The molecule has 0 bridgehead atoms. The van der Waals surface area contributed by atoms with E-state index in [4.69, 9.17) is 11.6 Å². The molecule has 7 heteroatoms. The molecule has 2 heterocycles. The predicted molar refractivity (Wildman–Crippen MR) is 62.3 cm³/mol. The van der Waals surface area contributed by atoms with Crippen molar-refractivity contribution in [2.75, 3.05) is 0 Å². The standard InChI is InChI=1S/C9H8ClN3O2S/c1-5-11-6(4-16-5)3-13-8(14)2-7(10)12-9(13)15/h2,4H,3H2,1H3,(H,12,15). The molecule has 1 N–H and O–H groups in total. The maximum absolute atomic E-state index is 11.5. The first-order valence-corrected chi connectivity index (χ1v) is 5.72. The van der Waals surface area contributed by atoms with Crippen LogP contribution in [-0.4, -0.2) is 14.5 Å². The minimum Gasteiger partial charge on any atom is -0.298 e. The van der Waals surface area contributed by atoms with Gasteiger partial charge in [-0.3, -0.25) is 14.3 Å². The summed E-state index contributed by atoms with van der Waals surface area (Å²) >= 11 is 7.02. The van der Waals surface area contributed by atoms with Gasteiger partial charge in [0.15, 0.2) is 0 Å². The maximum atomic E-state index is 11.5. The van der Waals surface area contributed by atoms with Gasteiger partial charge in [0.05, 0.1) is 17.2 Å². The van der Waals surface area contributed by atoms with Crippen LogP contribution >= 0.6 is 22.9 Å². The fourth-order valence-corrected chi connectivity index (χ4v) is 2.06. The zero-order valence-electron chi connectivity index (χ0n) is 8.36. The molecule has 0 atom stereocenters. The third kappa shape index (κ3) is 2.23. The molecular weight excluding hydrogens is 250 g/mol. The third-order valence-electron chi connectivity index (χ3n) is 1.97. The van der Waals surface area contributed by atoms with Crippen molar-refractivity contribution in [2.24, 2.45) is 0 Å². The van der Waals surface area contributed by atoms with E-state index in [0.717, 1.165) is 9.57 Å². The molecule has 0 fully saturated rings. The van der Waals surface area contributed by atoms with Gasteiger partial charge >= 0.3 is 5.69 Å². The number of thiazole rings is 1. The molecule has 0 aliphatic heterocycles. The molecule has 0 aliphatic carbocycles. The second-order valence-electron chi connectivity index (χ2n) is 3.20. The topological polar surface area (TPSA) is 67.8 Å². The molecule has 0 amide bonds. The Morgan fingerprint density at radius 3 is 2.88 bits per heavy atom. The van der Waals surface area contributed by atoms with Gasteiger partial charge in [-0.05, 0) is 6.92 Å². The number of hydrogen-bond acceptors (Lipinski definition) is 4. The van der Waals surface area contributed by atoms with Crippen molar-refractivity contribution < 1.29 is 0 Å². The SMILES string of the molecule is Cc1nc(Cn2c(=O)cc(Cl)[nH]c2=O)cs1. The van der Waals surface area contributed by atoms with Crippen LogP contribution in [0.4, 0.5) is 0 Å². The normalized spacial score (nSPS) is 10.6. The highest BCUT2D eigenvalue weighted by atomic mass is 35.5. The van der Waals surface area contributed by atoms with E-state index in [-0.39, 0.29) is 11.7 Å². The van der Waals surface area contributed by atoms with Gasteiger partial charge in [0.1, 0.15) is 5.15 Å². The van der Waals surface area contributed by atoms with Crippen LogP contribution in [0.2, 0.25) is 5.15 Å². The Labute approximate surface area is 99.4 Å². The van der Waals surface area contributed by atoms with E-state index in [2.05, 4.69) is 9.97 Å². The van der Waals surface area contributed by atoms with Gasteiger partial charge in [0.2, 0.25) is 0 Å². The molecule has 0 saturated heterocycles. The summed E-state index contributed by atoms with van der Waals surface area (Å²) in [5, 5.41) is 2.75. The van der Waals surface area contributed by atoms with Crippen LogP contribution in [0.3, 0.4) is 0 Å². The van der Waals surface area contributed by atoms with E-state index >= 15 is 0 Å². The Balaban J connectivity index is 2.43. The number of aromatic nitrogens is 3. The lowest BCUT2D eigenvalue weighted by Gasteiger charge is -2.01. The van der Waals surface area contributed by atoms with Gasteiger partial charge < -0.3 is 0 Å². The van der Waals surface area contributed by atoms with Gasteiger partial charge in [0, 0.05) is 11.4 Å². The number of aryl methyl sites for hydroxylation is 1. The Hall–Kier alpha value is -1.40. The Morgan fingerprint density at radius 2 is 2.31 bits per heavy atom. The van der Waals surface area contributed by atoms with E-state index in [1.807, 2.05) is 12.3 Å².